The fourth-order valence-corrected chi connectivity index (χ4v) is 8.64. The highest BCUT2D eigenvalue weighted by molar-refractivity contribution is 7.99. The number of carboxylic acid groups (broad SMARTS) is 1. The van der Waals surface area contributed by atoms with E-state index >= 15 is 0 Å². The molecule has 2 aromatic rings. The van der Waals surface area contributed by atoms with Gasteiger partial charge in [0.2, 0.25) is 0 Å². The zero-order valence-electron chi connectivity index (χ0n) is 22.7. The van der Waals surface area contributed by atoms with E-state index in [4.69, 9.17) is 10.5 Å². The Labute approximate surface area is 230 Å². The van der Waals surface area contributed by atoms with Gasteiger partial charge in [0.05, 0.1) is 6.61 Å². The van der Waals surface area contributed by atoms with Crippen molar-refractivity contribution in [3.8, 4) is 11.1 Å². The van der Waals surface area contributed by atoms with Gasteiger partial charge in [-0.3, -0.25) is 4.79 Å². The van der Waals surface area contributed by atoms with E-state index in [1.807, 2.05) is 49.6 Å². The van der Waals surface area contributed by atoms with Crippen molar-refractivity contribution >= 4 is 23.5 Å². The average molecular weight is 536 g/mol. The molecular formula is C32H41NO4S. The summed E-state index contributed by atoms with van der Waals surface area (Å²) in [7, 11) is 0. The second-order valence-corrected chi connectivity index (χ2v) is 13.4. The van der Waals surface area contributed by atoms with E-state index in [0.29, 0.717) is 29.8 Å². The maximum atomic E-state index is 13.8. The second-order valence-electron chi connectivity index (χ2n) is 12.3. The Morgan fingerprint density at radius 1 is 1.03 bits per heavy atom. The van der Waals surface area contributed by atoms with Crippen LogP contribution in [0.3, 0.4) is 0 Å². The predicted octanol–water partition coefficient (Wildman–Crippen LogP) is 6.37. The van der Waals surface area contributed by atoms with E-state index < -0.39 is 17.3 Å². The third-order valence-electron chi connectivity index (χ3n) is 9.52. The number of ketones is 1. The first kappa shape index (κ1) is 27.4. The lowest BCUT2D eigenvalue weighted by molar-refractivity contribution is -0.141. The molecule has 4 fully saturated rings. The number of benzene rings is 2. The summed E-state index contributed by atoms with van der Waals surface area (Å²) in [4.78, 5) is 26.3. The van der Waals surface area contributed by atoms with E-state index in [-0.39, 0.29) is 11.7 Å². The van der Waals surface area contributed by atoms with Crippen LogP contribution in [0.1, 0.15) is 67.3 Å². The Bertz CT molecular complexity index is 1140. The van der Waals surface area contributed by atoms with Crippen molar-refractivity contribution in [2.45, 2.75) is 69.1 Å². The molecule has 2 atom stereocenters. The number of hydrogen-bond acceptors (Lipinski definition) is 5. The highest BCUT2D eigenvalue weighted by atomic mass is 32.2. The highest BCUT2D eigenvalue weighted by Crippen LogP contribution is 2.61. The largest absolute Gasteiger partial charge is 0.480 e. The number of Topliss-reactive ketones (excluding diaryl/α,β-unsaturated/α-hetero) is 1. The number of carbonyl (C=O) groups excluding carboxylic acids is 1. The zero-order chi connectivity index (χ0) is 26.9. The summed E-state index contributed by atoms with van der Waals surface area (Å²) in [5.41, 5.74) is 7.86. The first-order valence-corrected chi connectivity index (χ1v) is 15.3. The molecule has 0 aliphatic heterocycles. The molecule has 4 saturated carbocycles. The number of rotatable bonds is 12. The molecule has 0 radical (unpaired) electrons. The highest BCUT2D eigenvalue weighted by Gasteiger charge is 2.50. The van der Waals surface area contributed by atoms with Gasteiger partial charge in [-0.15, -0.1) is 0 Å². The number of aliphatic carboxylic acids is 1. The van der Waals surface area contributed by atoms with Gasteiger partial charge in [0.15, 0.2) is 11.3 Å². The first-order valence-electron chi connectivity index (χ1n) is 14.1. The normalized spacial score (nSPS) is 28.1. The smallest absolute Gasteiger partial charge is 0.331 e. The molecule has 204 valence electrons. The van der Waals surface area contributed by atoms with Gasteiger partial charge in [-0.2, -0.15) is 11.8 Å². The Balaban J connectivity index is 1.25. The van der Waals surface area contributed by atoms with Crippen LogP contribution in [0.4, 0.5) is 0 Å². The van der Waals surface area contributed by atoms with Crippen LogP contribution in [0.5, 0.6) is 0 Å². The standard InChI is InChI=1S/C32H41NO4S/c1-21-7-3-4-8-26(21)27-9-5-6-10-28(27)29(34)32(33,30(35)36)19-25(38-2)20-37-12-11-31-16-22-13-23(17-31)15-24(14-22)18-31/h3-10,22-25H,11-20,33H2,1-2H3,(H,35,36). The summed E-state index contributed by atoms with van der Waals surface area (Å²) in [5, 5.41) is 10.0. The van der Waals surface area contributed by atoms with E-state index in [1.165, 1.54) is 50.3 Å². The number of nitrogens with two attached hydrogens (primary N) is 1. The third-order valence-corrected chi connectivity index (χ3v) is 10.5. The summed E-state index contributed by atoms with van der Waals surface area (Å²) >= 11 is 1.52. The number of carbonyl (C=O) groups is 2. The lowest BCUT2D eigenvalue weighted by atomic mass is 9.49. The van der Waals surface area contributed by atoms with Crippen LogP contribution in [-0.2, 0) is 9.53 Å². The van der Waals surface area contributed by atoms with Crippen LogP contribution in [0.25, 0.3) is 11.1 Å². The van der Waals surface area contributed by atoms with Crippen LogP contribution in [0.15, 0.2) is 48.5 Å². The van der Waals surface area contributed by atoms with Crippen molar-refractivity contribution in [3.05, 3.63) is 59.7 Å². The molecule has 6 heteroatoms. The zero-order valence-corrected chi connectivity index (χ0v) is 23.5. The predicted molar refractivity (Wildman–Crippen MR) is 153 cm³/mol. The summed E-state index contributed by atoms with van der Waals surface area (Å²) in [6.07, 6.45) is 11.4. The summed E-state index contributed by atoms with van der Waals surface area (Å²) < 4.78 is 6.16. The first-order chi connectivity index (χ1) is 18.2. The van der Waals surface area contributed by atoms with Crippen molar-refractivity contribution in [1.82, 2.24) is 0 Å². The Kier molecular flexibility index (Phi) is 8.04. The summed E-state index contributed by atoms with van der Waals surface area (Å²) in [6.45, 7) is 3.07. The molecule has 5 nitrogen and oxygen atoms in total. The van der Waals surface area contributed by atoms with Crippen molar-refractivity contribution in [3.63, 3.8) is 0 Å². The van der Waals surface area contributed by atoms with Gasteiger partial charge in [-0.05, 0) is 104 Å². The molecule has 0 aromatic heterocycles. The maximum absolute atomic E-state index is 13.8. The topological polar surface area (TPSA) is 89.6 Å². The van der Waals surface area contributed by atoms with E-state index in [2.05, 4.69) is 0 Å². The molecule has 6 rings (SSSR count). The number of ether oxygens (including phenoxy) is 1. The van der Waals surface area contributed by atoms with Gasteiger partial charge in [0.25, 0.3) is 0 Å². The molecule has 4 bridgehead atoms. The van der Waals surface area contributed by atoms with Crippen molar-refractivity contribution in [1.29, 1.82) is 0 Å². The number of carboxylic acids is 1. The molecule has 0 spiro atoms. The minimum Gasteiger partial charge on any atom is -0.480 e. The Hall–Kier alpha value is -2.15. The quantitative estimate of drug-likeness (QED) is 0.186. The van der Waals surface area contributed by atoms with Crippen LogP contribution < -0.4 is 5.73 Å². The van der Waals surface area contributed by atoms with Crippen LogP contribution in [-0.4, -0.2) is 47.1 Å². The molecule has 38 heavy (non-hydrogen) atoms. The summed E-state index contributed by atoms with van der Waals surface area (Å²) in [5.74, 6) is 0.901. The molecule has 3 N–H and O–H groups in total. The second kappa shape index (κ2) is 11.1. The van der Waals surface area contributed by atoms with E-state index in [0.717, 1.165) is 35.3 Å². The monoisotopic (exact) mass is 535 g/mol. The molecule has 0 saturated heterocycles. The van der Waals surface area contributed by atoms with Crippen LogP contribution in [0, 0.1) is 30.1 Å². The molecular weight excluding hydrogens is 494 g/mol. The minimum absolute atomic E-state index is 0.0157. The third kappa shape index (κ3) is 5.45. The van der Waals surface area contributed by atoms with Gasteiger partial charge < -0.3 is 15.6 Å². The van der Waals surface area contributed by atoms with Gasteiger partial charge in [0.1, 0.15) is 0 Å². The number of hydrogen-bond donors (Lipinski definition) is 2. The van der Waals surface area contributed by atoms with Crippen molar-refractivity contribution in [2.75, 3.05) is 19.5 Å². The Morgan fingerprint density at radius 2 is 1.61 bits per heavy atom. The fraction of sp³-hybridized carbons (Fsp3) is 0.562. The SMILES string of the molecule is CSC(COCCC12CC3CC(CC(C3)C1)C2)CC(N)(C(=O)O)C(=O)c1ccccc1-c1ccccc1C. The van der Waals surface area contributed by atoms with E-state index in [1.54, 1.807) is 12.1 Å². The van der Waals surface area contributed by atoms with Gasteiger partial charge in [-0.25, -0.2) is 4.79 Å². The molecule has 2 unspecified atom stereocenters. The van der Waals surface area contributed by atoms with Gasteiger partial charge in [0, 0.05) is 17.4 Å². The van der Waals surface area contributed by atoms with Crippen molar-refractivity contribution < 1.29 is 19.4 Å². The van der Waals surface area contributed by atoms with Gasteiger partial charge >= 0.3 is 5.97 Å². The van der Waals surface area contributed by atoms with E-state index in [9.17, 15) is 14.7 Å². The molecule has 2 aromatic carbocycles. The maximum Gasteiger partial charge on any atom is 0.331 e. The summed E-state index contributed by atoms with van der Waals surface area (Å²) in [6, 6.07) is 15.0. The van der Waals surface area contributed by atoms with Crippen LogP contribution in [0.2, 0.25) is 0 Å². The molecule has 0 amide bonds. The molecule has 4 aliphatic rings. The average Bonchev–Trinajstić information content (AvgIpc) is 2.89. The van der Waals surface area contributed by atoms with Crippen molar-refractivity contribution in [2.24, 2.45) is 28.9 Å². The Morgan fingerprint density at radius 3 is 2.18 bits per heavy atom. The fourth-order valence-electron chi connectivity index (χ4n) is 7.98. The number of aryl methyl sites for hydroxylation is 1. The van der Waals surface area contributed by atoms with Crippen LogP contribution >= 0.6 is 11.8 Å². The lowest BCUT2D eigenvalue weighted by Gasteiger charge is -2.57. The molecule has 0 heterocycles. The minimum atomic E-state index is -2.03. The number of thioether (sulfide) groups is 1. The lowest BCUT2D eigenvalue weighted by Crippen LogP contribution is -2.57. The van der Waals surface area contributed by atoms with Gasteiger partial charge in [-0.1, -0.05) is 48.5 Å². The molecule has 4 aliphatic carbocycles.